The van der Waals surface area contributed by atoms with Crippen LogP contribution in [-0.4, -0.2) is 43.7 Å². The zero-order valence-corrected chi connectivity index (χ0v) is 15.4. The molecule has 0 aromatic heterocycles. The Morgan fingerprint density at radius 2 is 1.88 bits per heavy atom. The van der Waals surface area contributed by atoms with E-state index in [0.717, 1.165) is 17.5 Å². The highest BCUT2D eigenvalue weighted by Crippen LogP contribution is 2.33. The molecule has 1 aliphatic rings. The van der Waals surface area contributed by atoms with E-state index in [4.69, 9.17) is 9.47 Å². The van der Waals surface area contributed by atoms with Crippen molar-refractivity contribution < 1.29 is 27.4 Å². The number of benzene rings is 1. The highest BCUT2D eigenvalue weighted by atomic mass is 19.4. The van der Waals surface area contributed by atoms with Gasteiger partial charge in [0.2, 0.25) is 5.78 Å². The zero-order valence-electron chi connectivity index (χ0n) is 15.4. The van der Waals surface area contributed by atoms with E-state index in [1.54, 1.807) is 26.0 Å². The molecule has 1 atom stereocenters. The normalized spacial score (nSPS) is 17.9. The van der Waals surface area contributed by atoms with Crippen LogP contribution < -0.4 is 4.74 Å². The van der Waals surface area contributed by atoms with Crippen molar-refractivity contribution in [2.45, 2.75) is 45.3 Å². The van der Waals surface area contributed by atoms with Gasteiger partial charge in [-0.25, -0.2) is 0 Å². The molecule has 0 amide bonds. The molecule has 1 aromatic carbocycles. The maximum absolute atomic E-state index is 12.8. The molecule has 1 aliphatic heterocycles. The minimum Gasteiger partial charge on any atom is -0.496 e. The largest absolute Gasteiger partial charge is 0.496 e. The number of ether oxygens (including phenoxy) is 2. The van der Waals surface area contributed by atoms with Gasteiger partial charge < -0.3 is 14.4 Å². The van der Waals surface area contributed by atoms with Crippen molar-refractivity contribution in [1.29, 1.82) is 0 Å². The number of halogens is 3. The minimum absolute atomic E-state index is 0.176. The van der Waals surface area contributed by atoms with Gasteiger partial charge in [-0.15, -0.1) is 0 Å². The number of carbonyl (C=O) groups is 1. The number of allylic oxidation sites excluding steroid dienone is 1. The maximum Gasteiger partial charge on any atom is 0.422 e. The molecule has 0 spiro atoms. The van der Waals surface area contributed by atoms with E-state index >= 15 is 0 Å². The number of methoxy groups -OCH3 is 1. The quantitative estimate of drug-likeness (QED) is 0.729. The summed E-state index contributed by atoms with van der Waals surface area (Å²) in [4.78, 5) is 14.5. The molecule has 0 fully saturated rings. The maximum atomic E-state index is 12.8. The molecule has 2 rings (SSSR count). The van der Waals surface area contributed by atoms with Crippen molar-refractivity contribution in [1.82, 2.24) is 4.90 Å². The highest BCUT2D eigenvalue weighted by Gasteiger charge is 2.40. The van der Waals surface area contributed by atoms with Crippen LogP contribution in [0.25, 0.3) is 0 Å². The fourth-order valence-corrected chi connectivity index (χ4v) is 3.32. The molecule has 1 aromatic rings. The standard InChI is InChI=1S/C19H24F3NO3/c1-5-12-8-7-9-16(25-4)13(12)10-15-17(24)18(14(6-2)23(15)3)26-11-19(20,21)22/h7-9,15H,5-6,10-11H2,1-4H3. The van der Waals surface area contributed by atoms with Gasteiger partial charge in [0.1, 0.15) is 5.75 Å². The lowest BCUT2D eigenvalue weighted by molar-refractivity contribution is -0.166. The molecule has 1 heterocycles. The summed E-state index contributed by atoms with van der Waals surface area (Å²) in [5.74, 6) is 0.0834. The van der Waals surface area contributed by atoms with Crippen molar-refractivity contribution >= 4 is 5.78 Å². The van der Waals surface area contributed by atoms with Gasteiger partial charge in [0.05, 0.1) is 18.8 Å². The van der Waals surface area contributed by atoms with Crippen LogP contribution in [0.4, 0.5) is 13.2 Å². The summed E-state index contributed by atoms with van der Waals surface area (Å²) in [7, 11) is 3.28. The van der Waals surface area contributed by atoms with Gasteiger partial charge >= 0.3 is 6.18 Å². The molecule has 26 heavy (non-hydrogen) atoms. The van der Waals surface area contributed by atoms with E-state index in [1.165, 1.54) is 0 Å². The summed E-state index contributed by atoms with van der Waals surface area (Å²) in [5.41, 5.74) is 2.45. The van der Waals surface area contributed by atoms with Crippen LogP contribution in [0.1, 0.15) is 31.4 Å². The number of hydrogen-bond acceptors (Lipinski definition) is 4. The van der Waals surface area contributed by atoms with Crippen LogP contribution in [0.2, 0.25) is 0 Å². The second kappa shape index (κ2) is 8.01. The number of aryl methyl sites for hydroxylation is 1. The Hall–Kier alpha value is -2.18. The van der Waals surface area contributed by atoms with Crippen LogP contribution in [0, 0.1) is 0 Å². The lowest BCUT2D eigenvalue weighted by Crippen LogP contribution is -2.34. The van der Waals surface area contributed by atoms with Gasteiger partial charge in [0, 0.05) is 13.5 Å². The number of carbonyl (C=O) groups excluding carboxylic acids is 1. The molecule has 0 N–H and O–H groups in total. The average Bonchev–Trinajstić information content (AvgIpc) is 2.82. The van der Waals surface area contributed by atoms with Crippen molar-refractivity contribution in [3.8, 4) is 5.75 Å². The van der Waals surface area contributed by atoms with Crippen LogP contribution >= 0.6 is 0 Å². The van der Waals surface area contributed by atoms with Crippen molar-refractivity contribution in [2.24, 2.45) is 0 Å². The van der Waals surface area contributed by atoms with E-state index in [9.17, 15) is 18.0 Å². The van der Waals surface area contributed by atoms with Gasteiger partial charge in [0.25, 0.3) is 0 Å². The first-order chi connectivity index (χ1) is 12.2. The molecular formula is C19H24F3NO3. The fraction of sp³-hybridized carbons (Fsp3) is 0.526. The molecule has 1 unspecified atom stereocenters. The monoisotopic (exact) mass is 371 g/mol. The number of hydrogen-bond donors (Lipinski definition) is 0. The molecule has 144 valence electrons. The number of rotatable bonds is 7. The first kappa shape index (κ1) is 20.1. The predicted octanol–water partition coefficient (Wildman–Crippen LogP) is 3.88. The van der Waals surface area contributed by atoms with Crippen molar-refractivity contribution in [3.05, 3.63) is 40.8 Å². The van der Waals surface area contributed by atoms with Crippen LogP contribution in [0.15, 0.2) is 29.7 Å². The van der Waals surface area contributed by atoms with Crippen LogP contribution in [0.5, 0.6) is 5.75 Å². The third-order valence-corrected chi connectivity index (χ3v) is 4.63. The Morgan fingerprint density at radius 3 is 2.42 bits per heavy atom. The van der Waals surface area contributed by atoms with Gasteiger partial charge in [-0.3, -0.25) is 4.79 Å². The highest BCUT2D eigenvalue weighted by molar-refractivity contribution is 6.01. The van der Waals surface area contributed by atoms with Crippen molar-refractivity contribution in [3.63, 3.8) is 0 Å². The first-order valence-electron chi connectivity index (χ1n) is 8.57. The van der Waals surface area contributed by atoms with Gasteiger partial charge in [-0.2, -0.15) is 13.2 Å². The van der Waals surface area contributed by atoms with Crippen LogP contribution in [-0.2, 0) is 22.4 Å². The van der Waals surface area contributed by atoms with Gasteiger partial charge in [0.15, 0.2) is 12.4 Å². The molecular weight excluding hydrogens is 347 g/mol. The second-order valence-corrected chi connectivity index (χ2v) is 6.18. The Balaban J connectivity index is 2.29. The fourth-order valence-electron chi connectivity index (χ4n) is 3.32. The summed E-state index contributed by atoms with van der Waals surface area (Å²) in [6.07, 6.45) is -2.95. The first-order valence-corrected chi connectivity index (χ1v) is 8.57. The average molecular weight is 371 g/mol. The second-order valence-electron chi connectivity index (χ2n) is 6.18. The lowest BCUT2D eigenvalue weighted by atomic mass is 9.96. The predicted molar refractivity (Wildman–Crippen MR) is 92.0 cm³/mol. The summed E-state index contributed by atoms with van der Waals surface area (Å²) in [5, 5.41) is 0. The number of ketones is 1. The molecule has 0 aliphatic carbocycles. The number of Topliss-reactive ketones (excluding diaryl/α,β-unsaturated/α-hetero) is 1. The minimum atomic E-state index is -4.49. The third kappa shape index (κ3) is 4.14. The zero-order chi connectivity index (χ0) is 19.5. The number of likely N-dealkylation sites (N-methyl/N-ethyl adjacent to an activating group) is 1. The Morgan fingerprint density at radius 1 is 1.19 bits per heavy atom. The molecule has 0 radical (unpaired) electrons. The van der Waals surface area contributed by atoms with E-state index in [2.05, 4.69) is 0 Å². The summed E-state index contributed by atoms with van der Waals surface area (Å²) < 4.78 is 47.8. The lowest BCUT2D eigenvalue weighted by Gasteiger charge is -2.24. The van der Waals surface area contributed by atoms with E-state index in [0.29, 0.717) is 24.3 Å². The van der Waals surface area contributed by atoms with Crippen molar-refractivity contribution in [2.75, 3.05) is 20.8 Å². The van der Waals surface area contributed by atoms with Gasteiger partial charge in [-0.1, -0.05) is 26.0 Å². The number of alkyl halides is 3. The Labute approximate surface area is 151 Å². The number of nitrogens with zero attached hydrogens (tertiary/aromatic N) is 1. The van der Waals surface area contributed by atoms with Crippen LogP contribution in [0.3, 0.4) is 0 Å². The van der Waals surface area contributed by atoms with E-state index in [-0.39, 0.29) is 5.76 Å². The SMILES string of the molecule is CCC1=C(OCC(F)(F)F)C(=O)C(Cc2c(CC)cccc2OC)N1C. The smallest absolute Gasteiger partial charge is 0.422 e. The molecule has 7 heteroatoms. The molecule has 0 saturated heterocycles. The van der Waals surface area contributed by atoms with E-state index < -0.39 is 24.6 Å². The Bertz CT molecular complexity index is 676. The molecule has 4 nitrogen and oxygen atoms in total. The van der Waals surface area contributed by atoms with Gasteiger partial charge in [-0.05, 0) is 30.0 Å². The topological polar surface area (TPSA) is 38.8 Å². The van der Waals surface area contributed by atoms with E-state index in [1.807, 2.05) is 25.1 Å². The molecule has 0 saturated carbocycles. The summed E-state index contributed by atoms with van der Waals surface area (Å²) >= 11 is 0. The third-order valence-electron chi connectivity index (χ3n) is 4.63. The summed E-state index contributed by atoms with van der Waals surface area (Å²) in [6.45, 7) is 2.33. The summed E-state index contributed by atoms with van der Waals surface area (Å²) in [6, 6.07) is 5.07. The molecule has 0 bridgehead atoms. The Kier molecular flexibility index (Phi) is 6.21.